The molecule has 41 heavy (non-hydrogen) atoms. The molecule has 1 aliphatic heterocycles. The average molecular weight is 543 g/mol. The number of amides is 1. The minimum absolute atomic E-state index is 0.00155. The lowest BCUT2D eigenvalue weighted by molar-refractivity contribution is -0.118. The van der Waals surface area contributed by atoms with Crippen molar-refractivity contribution < 1.29 is 14.0 Å². The molecule has 6 nitrogen and oxygen atoms in total. The van der Waals surface area contributed by atoms with Gasteiger partial charge in [-0.25, -0.2) is 14.1 Å². The van der Waals surface area contributed by atoms with Crippen molar-refractivity contribution >= 4 is 17.9 Å². The summed E-state index contributed by atoms with van der Waals surface area (Å²) in [6, 6.07) is 27.0. The van der Waals surface area contributed by atoms with Crippen LogP contribution in [0.1, 0.15) is 42.9 Å². The molecular formula is C34H27FN4O2. The molecule has 0 radical (unpaired) electrons. The lowest BCUT2D eigenvalue weighted by Gasteiger charge is -2.18. The molecule has 2 unspecified atom stereocenters. The molecule has 1 amide bonds. The van der Waals surface area contributed by atoms with Gasteiger partial charge in [0.1, 0.15) is 24.8 Å². The van der Waals surface area contributed by atoms with Crippen LogP contribution in [-0.4, -0.2) is 27.0 Å². The highest BCUT2D eigenvalue weighted by Crippen LogP contribution is 2.65. The number of rotatable bonds is 6. The molecule has 1 fully saturated rings. The number of aromatic nitrogens is 3. The van der Waals surface area contributed by atoms with Crippen molar-refractivity contribution in [2.24, 2.45) is 0 Å². The lowest BCUT2D eigenvalue weighted by Crippen LogP contribution is -2.21. The van der Waals surface area contributed by atoms with Crippen LogP contribution in [0.2, 0.25) is 0 Å². The molecule has 0 bridgehead atoms. The van der Waals surface area contributed by atoms with E-state index < -0.39 is 10.8 Å². The van der Waals surface area contributed by atoms with E-state index in [1.54, 1.807) is 11.0 Å². The number of halogens is 1. The molecule has 2 heterocycles. The predicted molar refractivity (Wildman–Crippen MR) is 155 cm³/mol. The minimum atomic E-state index is -0.703. The summed E-state index contributed by atoms with van der Waals surface area (Å²) >= 11 is 0. The zero-order valence-electron chi connectivity index (χ0n) is 22.6. The maximum atomic E-state index is 15.3. The third-order valence-corrected chi connectivity index (χ3v) is 8.63. The number of hydrogen-bond donors (Lipinski definition) is 1. The quantitative estimate of drug-likeness (QED) is 0.246. The van der Waals surface area contributed by atoms with Gasteiger partial charge in [-0.1, -0.05) is 60.7 Å². The van der Waals surface area contributed by atoms with Gasteiger partial charge >= 0.3 is 0 Å². The molecule has 7 rings (SSSR count). The number of nitrogens with one attached hydrogen (secondary N) is 1. The highest BCUT2D eigenvalue weighted by Gasteiger charge is 2.65. The van der Waals surface area contributed by atoms with E-state index in [9.17, 15) is 9.59 Å². The average Bonchev–Trinajstić information content (AvgIpc) is 3.38. The molecule has 1 spiro atoms. The van der Waals surface area contributed by atoms with E-state index in [0.29, 0.717) is 17.7 Å². The van der Waals surface area contributed by atoms with Crippen LogP contribution < -0.4 is 5.32 Å². The van der Waals surface area contributed by atoms with E-state index in [-0.39, 0.29) is 17.6 Å². The predicted octanol–water partition coefficient (Wildman–Crippen LogP) is 6.59. The van der Waals surface area contributed by atoms with Gasteiger partial charge in [-0.05, 0) is 77.9 Å². The Morgan fingerprint density at radius 2 is 1.61 bits per heavy atom. The van der Waals surface area contributed by atoms with Crippen LogP contribution in [0.25, 0.3) is 27.9 Å². The summed E-state index contributed by atoms with van der Waals surface area (Å²) in [4.78, 5) is 28.7. The number of aldehydes is 1. The van der Waals surface area contributed by atoms with E-state index in [2.05, 4.69) is 15.4 Å². The minimum Gasteiger partial charge on any atom is -0.325 e. The van der Waals surface area contributed by atoms with Crippen LogP contribution in [0, 0.1) is 5.82 Å². The van der Waals surface area contributed by atoms with Crippen LogP contribution in [0.15, 0.2) is 97.6 Å². The Hall–Kier alpha value is -4.91. The highest BCUT2D eigenvalue weighted by atomic mass is 19.1. The summed E-state index contributed by atoms with van der Waals surface area (Å²) < 4.78 is 17.0. The lowest BCUT2D eigenvalue weighted by atomic mass is 9.85. The molecule has 1 aliphatic carbocycles. The third kappa shape index (κ3) is 3.99. The first kappa shape index (κ1) is 25.1. The Morgan fingerprint density at radius 3 is 2.24 bits per heavy atom. The molecule has 1 N–H and O–H groups in total. The first-order valence-electron chi connectivity index (χ1n) is 13.6. The molecule has 4 aromatic carbocycles. The summed E-state index contributed by atoms with van der Waals surface area (Å²) in [5.74, 6) is -0.460. The normalized spacial score (nSPS) is 19.2. The Labute approximate surface area is 236 Å². The topological polar surface area (TPSA) is 76.9 Å². The van der Waals surface area contributed by atoms with Crippen LogP contribution >= 0.6 is 0 Å². The number of benzene rings is 4. The second-order valence-electron chi connectivity index (χ2n) is 11.5. The maximum Gasteiger partial charge on any atom is 0.235 e. The van der Waals surface area contributed by atoms with E-state index in [1.165, 1.54) is 12.4 Å². The van der Waals surface area contributed by atoms with Crippen molar-refractivity contribution in [3.05, 3.63) is 120 Å². The maximum absolute atomic E-state index is 15.3. The molecule has 202 valence electrons. The zero-order valence-corrected chi connectivity index (χ0v) is 22.6. The number of carbonyl (C=O) groups excluding carboxylic acids is 2. The van der Waals surface area contributed by atoms with E-state index in [1.807, 2.05) is 92.7 Å². The van der Waals surface area contributed by atoms with Gasteiger partial charge in [0.15, 0.2) is 0 Å². The molecule has 1 saturated carbocycles. The largest absolute Gasteiger partial charge is 0.325 e. The van der Waals surface area contributed by atoms with Gasteiger partial charge in [0, 0.05) is 22.6 Å². The Balaban J connectivity index is 1.17. The third-order valence-electron chi connectivity index (χ3n) is 8.63. The Morgan fingerprint density at radius 1 is 0.951 bits per heavy atom. The van der Waals surface area contributed by atoms with Crippen LogP contribution in [-0.2, 0) is 20.4 Å². The highest BCUT2D eigenvalue weighted by molar-refractivity contribution is 6.10. The molecular weight excluding hydrogens is 515 g/mol. The Kier molecular flexibility index (Phi) is 5.54. The molecule has 7 heteroatoms. The van der Waals surface area contributed by atoms with E-state index in [4.69, 9.17) is 0 Å². The van der Waals surface area contributed by atoms with Crippen LogP contribution in [0.3, 0.4) is 0 Å². The molecule has 2 aliphatic rings. The summed E-state index contributed by atoms with van der Waals surface area (Å²) in [6.45, 7) is 3.76. The number of hydrogen-bond acceptors (Lipinski definition) is 4. The van der Waals surface area contributed by atoms with Crippen molar-refractivity contribution in [2.75, 3.05) is 5.32 Å². The summed E-state index contributed by atoms with van der Waals surface area (Å²) in [7, 11) is 0. The second kappa shape index (κ2) is 9.06. The number of nitrogens with zero attached hydrogens (tertiary/aromatic N) is 3. The number of anilines is 1. The summed E-state index contributed by atoms with van der Waals surface area (Å²) in [5.41, 5.74) is 6.27. The summed E-state index contributed by atoms with van der Waals surface area (Å²) in [6.07, 6.45) is 4.76. The van der Waals surface area contributed by atoms with Gasteiger partial charge in [-0.2, -0.15) is 5.10 Å². The SMILES string of the molecule is CC(C)(C=O)c1ccc(C2CC23C(=O)Nc2cc(F)c(-c4ccc(-c5ccc(-n6cncn6)cc5)cc4)cc23)cc1. The molecule has 2 atom stereocenters. The second-order valence-corrected chi connectivity index (χ2v) is 11.5. The number of fused-ring (bicyclic) bond motifs is 2. The molecule has 5 aromatic rings. The fourth-order valence-electron chi connectivity index (χ4n) is 6.04. The summed E-state index contributed by atoms with van der Waals surface area (Å²) in [5, 5.41) is 7.08. The standard InChI is InChI=1S/C34H27FN4O2/c1-33(2,18-40)25-11-7-24(8-12-25)29-17-34(29)28-15-27(30(35)16-31(28)38-32(34)41)23-5-3-21(4-6-23)22-9-13-26(14-10-22)39-20-36-19-37-39/h3-16,18-20,29H,17H2,1-2H3,(H,38,41). The van der Waals surface area contributed by atoms with E-state index >= 15 is 4.39 Å². The fourth-order valence-corrected chi connectivity index (χ4v) is 6.04. The van der Waals surface area contributed by atoms with Crippen molar-refractivity contribution in [1.82, 2.24) is 14.8 Å². The van der Waals surface area contributed by atoms with Gasteiger partial charge in [-0.15, -0.1) is 0 Å². The van der Waals surface area contributed by atoms with Gasteiger partial charge in [-0.3, -0.25) is 4.79 Å². The zero-order chi connectivity index (χ0) is 28.4. The van der Waals surface area contributed by atoms with E-state index in [0.717, 1.165) is 45.4 Å². The van der Waals surface area contributed by atoms with Crippen molar-refractivity contribution in [1.29, 1.82) is 0 Å². The first-order chi connectivity index (χ1) is 19.8. The van der Waals surface area contributed by atoms with Crippen LogP contribution in [0.4, 0.5) is 10.1 Å². The van der Waals surface area contributed by atoms with Crippen molar-refractivity contribution in [3.8, 4) is 27.9 Å². The van der Waals surface area contributed by atoms with Gasteiger partial charge < -0.3 is 10.1 Å². The fraction of sp³-hybridized carbons (Fsp3) is 0.176. The first-order valence-corrected chi connectivity index (χ1v) is 13.6. The number of carbonyl (C=O) groups is 2. The van der Waals surface area contributed by atoms with Gasteiger partial charge in [0.25, 0.3) is 0 Å². The molecule has 0 saturated heterocycles. The van der Waals surface area contributed by atoms with Gasteiger partial charge in [0.05, 0.1) is 11.1 Å². The molecule has 1 aromatic heterocycles. The smallest absolute Gasteiger partial charge is 0.235 e. The van der Waals surface area contributed by atoms with Crippen molar-refractivity contribution in [3.63, 3.8) is 0 Å². The van der Waals surface area contributed by atoms with Crippen molar-refractivity contribution in [2.45, 2.75) is 37.0 Å². The monoisotopic (exact) mass is 542 g/mol. The Bertz CT molecular complexity index is 1790. The van der Waals surface area contributed by atoms with Gasteiger partial charge in [0.2, 0.25) is 5.91 Å². The van der Waals surface area contributed by atoms with Crippen LogP contribution in [0.5, 0.6) is 0 Å².